The Morgan fingerprint density at radius 2 is 2.00 bits per heavy atom. The third-order valence-corrected chi connectivity index (χ3v) is 2.98. The van der Waals surface area contributed by atoms with Crippen LogP contribution in [0.1, 0.15) is 5.82 Å². The number of benzene rings is 1. The SMILES string of the molecule is Cc1nccn1-c1ccc2ccn(C)c2c1. The fourth-order valence-electron chi connectivity index (χ4n) is 2.05. The molecule has 80 valence electrons. The molecule has 0 aliphatic carbocycles. The van der Waals surface area contributed by atoms with Crippen LogP contribution in [0.15, 0.2) is 42.9 Å². The van der Waals surface area contributed by atoms with Gasteiger partial charge in [-0.3, -0.25) is 0 Å². The van der Waals surface area contributed by atoms with Crippen LogP contribution in [0.2, 0.25) is 0 Å². The molecule has 0 bridgehead atoms. The first kappa shape index (κ1) is 9.21. The zero-order chi connectivity index (χ0) is 11.1. The van der Waals surface area contributed by atoms with Crippen molar-refractivity contribution in [1.29, 1.82) is 0 Å². The fourth-order valence-corrected chi connectivity index (χ4v) is 2.05. The molecule has 0 saturated heterocycles. The molecule has 0 atom stereocenters. The summed E-state index contributed by atoms with van der Waals surface area (Å²) < 4.78 is 4.22. The number of fused-ring (bicyclic) bond motifs is 1. The van der Waals surface area contributed by atoms with E-state index in [9.17, 15) is 0 Å². The molecular formula is C13H13N3. The number of aromatic nitrogens is 3. The maximum Gasteiger partial charge on any atom is 0.110 e. The van der Waals surface area contributed by atoms with Gasteiger partial charge in [0, 0.05) is 36.8 Å². The molecule has 1 aromatic carbocycles. The largest absolute Gasteiger partial charge is 0.350 e. The van der Waals surface area contributed by atoms with Crippen LogP contribution in [-0.4, -0.2) is 14.1 Å². The quantitative estimate of drug-likeness (QED) is 0.606. The number of imidazole rings is 1. The topological polar surface area (TPSA) is 22.8 Å². The summed E-state index contributed by atoms with van der Waals surface area (Å²) in [4.78, 5) is 4.24. The molecule has 0 aliphatic rings. The molecule has 3 heteroatoms. The first-order chi connectivity index (χ1) is 7.75. The highest BCUT2D eigenvalue weighted by Crippen LogP contribution is 2.19. The lowest BCUT2D eigenvalue weighted by atomic mass is 10.2. The molecule has 0 radical (unpaired) electrons. The van der Waals surface area contributed by atoms with Crippen molar-refractivity contribution in [2.45, 2.75) is 6.92 Å². The van der Waals surface area contributed by atoms with E-state index in [1.54, 1.807) is 0 Å². The molecule has 3 aromatic rings. The lowest BCUT2D eigenvalue weighted by Gasteiger charge is -2.05. The van der Waals surface area contributed by atoms with Gasteiger partial charge in [-0.05, 0) is 30.5 Å². The van der Waals surface area contributed by atoms with Gasteiger partial charge in [-0.1, -0.05) is 6.07 Å². The molecule has 0 amide bonds. The second-order valence-electron chi connectivity index (χ2n) is 4.01. The summed E-state index contributed by atoms with van der Waals surface area (Å²) in [6.45, 7) is 2.01. The monoisotopic (exact) mass is 211 g/mol. The van der Waals surface area contributed by atoms with Crippen molar-refractivity contribution in [3.8, 4) is 5.69 Å². The first-order valence-electron chi connectivity index (χ1n) is 5.31. The van der Waals surface area contributed by atoms with Gasteiger partial charge in [0.25, 0.3) is 0 Å². The van der Waals surface area contributed by atoms with Crippen molar-refractivity contribution in [2.24, 2.45) is 7.05 Å². The van der Waals surface area contributed by atoms with Gasteiger partial charge in [0.2, 0.25) is 0 Å². The molecule has 16 heavy (non-hydrogen) atoms. The van der Waals surface area contributed by atoms with Gasteiger partial charge in [-0.2, -0.15) is 0 Å². The van der Waals surface area contributed by atoms with E-state index >= 15 is 0 Å². The molecule has 0 unspecified atom stereocenters. The predicted octanol–water partition coefficient (Wildman–Crippen LogP) is 2.67. The lowest BCUT2D eigenvalue weighted by Crippen LogP contribution is -1.95. The second kappa shape index (κ2) is 3.23. The van der Waals surface area contributed by atoms with E-state index in [0.29, 0.717) is 0 Å². The minimum Gasteiger partial charge on any atom is -0.350 e. The van der Waals surface area contributed by atoms with Gasteiger partial charge < -0.3 is 9.13 Å². The summed E-state index contributed by atoms with van der Waals surface area (Å²) in [6.07, 6.45) is 5.89. The number of aryl methyl sites for hydroxylation is 2. The maximum absolute atomic E-state index is 4.24. The van der Waals surface area contributed by atoms with E-state index in [1.807, 2.05) is 19.3 Å². The average molecular weight is 211 g/mol. The maximum atomic E-state index is 4.24. The molecule has 3 nitrogen and oxygen atoms in total. The van der Waals surface area contributed by atoms with Crippen LogP contribution in [0.4, 0.5) is 0 Å². The van der Waals surface area contributed by atoms with Crippen LogP contribution < -0.4 is 0 Å². The van der Waals surface area contributed by atoms with Gasteiger partial charge in [-0.15, -0.1) is 0 Å². The fraction of sp³-hybridized carbons (Fsp3) is 0.154. The smallest absolute Gasteiger partial charge is 0.110 e. The highest BCUT2D eigenvalue weighted by atomic mass is 15.1. The number of hydrogen-bond acceptors (Lipinski definition) is 1. The van der Waals surface area contributed by atoms with Gasteiger partial charge >= 0.3 is 0 Å². The molecular weight excluding hydrogens is 198 g/mol. The third-order valence-electron chi connectivity index (χ3n) is 2.98. The lowest BCUT2D eigenvalue weighted by molar-refractivity contribution is 0.955. The van der Waals surface area contributed by atoms with Crippen molar-refractivity contribution in [3.05, 3.63) is 48.7 Å². The third kappa shape index (κ3) is 1.25. The molecule has 0 N–H and O–H groups in total. The second-order valence-corrected chi connectivity index (χ2v) is 4.01. The normalized spacial score (nSPS) is 11.1. The minimum atomic E-state index is 1.01. The summed E-state index contributed by atoms with van der Waals surface area (Å²) in [5.74, 6) is 1.01. The van der Waals surface area contributed by atoms with Crippen molar-refractivity contribution in [1.82, 2.24) is 14.1 Å². The Kier molecular flexibility index (Phi) is 1.86. The Bertz CT molecular complexity index is 646. The van der Waals surface area contributed by atoms with Crippen LogP contribution in [-0.2, 0) is 7.05 Å². The molecule has 0 fully saturated rings. The van der Waals surface area contributed by atoms with E-state index in [0.717, 1.165) is 11.5 Å². The Morgan fingerprint density at radius 3 is 2.75 bits per heavy atom. The van der Waals surface area contributed by atoms with Gasteiger partial charge in [0.1, 0.15) is 5.82 Å². The van der Waals surface area contributed by atoms with Gasteiger partial charge in [0.05, 0.1) is 0 Å². The van der Waals surface area contributed by atoms with Crippen LogP contribution >= 0.6 is 0 Å². The summed E-state index contributed by atoms with van der Waals surface area (Å²) >= 11 is 0. The molecule has 2 aromatic heterocycles. The van der Waals surface area contributed by atoms with E-state index in [1.165, 1.54) is 10.9 Å². The number of nitrogens with zero attached hydrogens (tertiary/aromatic N) is 3. The van der Waals surface area contributed by atoms with Crippen molar-refractivity contribution in [2.75, 3.05) is 0 Å². The Morgan fingerprint density at radius 1 is 1.12 bits per heavy atom. The zero-order valence-corrected chi connectivity index (χ0v) is 9.38. The molecule has 0 aliphatic heterocycles. The van der Waals surface area contributed by atoms with E-state index in [-0.39, 0.29) is 0 Å². The van der Waals surface area contributed by atoms with Gasteiger partial charge in [0.15, 0.2) is 0 Å². The average Bonchev–Trinajstić information content (AvgIpc) is 2.86. The summed E-state index contributed by atoms with van der Waals surface area (Å²) in [5, 5.41) is 1.27. The Labute approximate surface area is 94.0 Å². The molecule has 3 rings (SSSR count). The highest BCUT2D eigenvalue weighted by Gasteiger charge is 2.03. The van der Waals surface area contributed by atoms with E-state index in [2.05, 4.69) is 51.6 Å². The van der Waals surface area contributed by atoms with Crippen molar-refractivity contribution < 1.29 is 0 Å². The van der Waals surface area contributed by atoms with Crippen LogP contribution in [0.5, 0.6) is 0 Å². The summed E-state index contributed by atoms with van der Waals surface area (Å²) in [5.41, 5.74) is 2.40. The molecule has 0 spiro atoms. The van der Waals surface area contributed by atoms with Gasteiger partial charge in [-0.25, -0.2) is 4.98 Å². The minimum absolute atomic E-state index is 1.01. The predicted molar refractivity (Wildman–Crippen MR) is 64.8 cm³/mol. The van der Waals surface area contributed by atoms with E-state index in [4.69, 9.17) is 0 Å². The van der Waals surface area contributed by atoms with Crippen LogP contribution in [0, 0.1) is 6.92 Å². The molecule has 2 heterocycles. The summed E-state index contributed by atoms with van der Waals surface area (Å²) in [7, 11) is 2.06. The van der Waals surface area contributed by atoms with Crippen molar-refractivity contribution >= 4 is 10.9 Å². The number of rotatable bonds is 1. The zero-order valence-electron chi connectivity index (χ0n) is 9.38. The Hall–Kier alpha value is -2.03. The highest BCUT2D eigenvalue weighted by molar-refractivity contribution is 5.82. The first-order valence-corrected chi connectivity index (χ1v) is 5.31. The van der Waals surface area contributed by atoms with Crippen LogP contribution in [0.25, 0.3) is 16.6 Å². The van der Waals surface area contributed by atoms with Crippen molar-refractivity contribution in [3.63, 3.8) is 0 Å². The molecule has 0 saturated carbocycles. The summed E-state index contributed by atoms with van der Waals surface area (Å²) in [6, 6.07) is 8.57. The number of hydrogen-bond donors (Lipinski definition) is 0. The standard InChI is InChI=1S/C13H13N3/c1-10-14-6-8-16(10)12-4-3-11-5-7-15(2)13(11)9-12/h3-9H,1-2H3. The van der Waals surface area contributed by atoms with E-state index < -0.39 is 0 Å². The Balaban J connectivity index is 2.25. The van der Waals surface area contributed by atoms with Crippen LogP contribution in [0.3, 0.4) is 0 Å².